The van der Waals surface area contributed by atoms with Crippen LogP contribution in [0.25, 0.3) is 0 Å². The summed E-state index contributed by atoms with van der Waals surface area (Å²) in [6.45, 7) is 1.52. The Morgan fingerprint density at radius 3 is 1.64 bits per heavy atom. The molecule has 6 heteroatoms. The molecule has 0 saturated heterocycles. The molecule has 86 valence electrons. The van der Waals surface area contributed by atoms with Crippen molar-refractivity contribution in [3.05, 3.63) is 0 Å². The van der Waals surface area contributed by atoms with Crippen molar-refractivity contribution in [1.82, 2.24) is 0 Å². The molecule has 0 aliphatic rings. The van der Waals surface area contributed by atoms with Gasteiger partial charge in [0, 0.05) is 20.3 Å². The fourth-order valence-electron chi connectivity index (χ4n) is 1.05. The zero-order chi connectivity index (χ0) is 11.3. The smallest absolute Gasteiger partial charge is 0.185 e. The molecule has 14 heavy (non-hydrogen) atoms. The van der Waals surface area contributed by atoms with E-state index in [1.165, 1.54) is 21.1 Å². The van der Waals surface area contributed by atoms with E-state index >= 15 is 0 Å². The predicted octanol–water partition coefficient (Wildman–Crippen LogP) is -1.96. The van der Waals surface area contributed by atoms with Gasteiger partial charge in [0.05, 0.1) is 6.10 Å². The highest BCUT2D eigenvalue weighted by Gasteiger charge is 2.33. The van der Waals surface area contributed by atoms with Gasteiger partial charge in [-0.3, -0.25) is 0 Å². The molecule has 0 radical (unpaired) electrons. The summed E-state index contributed by atoms with van der Waals surface area (Å²) >= 11 is 0. The minimum absolute atomic E-state index is 0.644. The van der Waals surface area contributed by atoms with Gasteiger partial charge in [0.2, 0.25) is 0 Å². The second-order valence-corrected chi connectivity index (χ2v) is 3.17. The summed E-state index contributed by atoms with van der Waals surface area (Å²) in [7, 11) is 2.64. The first-order valence-electron chi connectivity index (χ1n) is 4.31. The molecule has 0 aromatic heterocycles. The number of hydrogen-bond acceptors (Lipinski definition) is 6. The minimum Gasteiger partial charge on any atom is -0.389 e. The van der Waals surface area contributed by atoms with Crippen LogP contribution < -0.4 is 5.73 Å². The monoisotopic (exact) mass is 209 g/mol. The van der Waals surface area contributed by atoms with Crippen molar-refractivity contribution in [2.75, 3.05) is 14.2 Å². The summed E-state index contributed by atoms with van der Waals surface area (Å²) < 4.78 is 9.46. The summed E-state index contributed by atoms with van der Waals surface area (Å²) in [5, 5.41) is 28.3. The largest absolute Gasteiger partial charge is 0.389 e. The van der Waals surface area contributed by atoms with Gasteiger partial charge in [-0.05, 0) is 6.92 Å². The third-order valence-corrected chi connectivity index (χ3v) is 1.98. The first-order chi connectivity index (χ1) is 6.45. The molecule has 0 saturated carbocycles. The summed E-state index contributed by atoms with van der Waals surface area (Å²) in [6.07, 6.45) is -4.96. The number of rotatable bonds is 6. The first-order valence-corrected chi connectivity index (χ1v) is 4.31. The van der Waals surface area contributed by atoms with Gasteiger partial charge in [-0.1, -0.05) is 0 Å². The lowest BCUT2D eigenvalue weighted by molar-refractivity contribution is -0.205. The lowest BCUT2D eigenvalue weighted by Crippen LogP contribution is -2.51. The molecular formula is C8H19NO5. The SMILES string of the molecule is COC(OC)[C@H](O)[C@H](O)[C@H](O)[C@@H](C)N. The minimum atomic E-state index is -1.40. The molecule has 0 aromatic carbocycles. The van der Waals surface area contributed by atoms with E-state index in [4.69, 9.17) is 15.2 Å². The maximum absolute atomic E-state index is 9.48. The molecule has 0 unspecified atom stereocenters. The van der Waals surface area contributed by atoms with Gasteiger partial charge in [0.15, 0.2) is 6.29 Å². The van der Waals surface area contributed by atoms with Crippen molar-refractivity contribution in [1.29, 1.82) is 0 Å². The highest BCUT2D eigenvalue weighted by molar-refractivity contribution is 4.82. The van der Waals surface area contributed by atoms with Crippen molar-refractivity contribution in [2.24, 2.45) is 5.73 Å². The lowest BCUT2D eigenvalue weighted by Gasteiger charge is -2.29. The summed E-state index contributed by atoms with van der Waals surface area (Å²) in [5.41, 5.74) is 5.35. The van der Waals surface area contributed by atoms with Crippen molar-refractivity contribution in [3.63, 3.8) is 0 Å². The average molecular weight is 209 g/mol. The Hall–Kier alpha value is -0.240. The molecule has 0 aliphatic carbocycles. The van der Waals surface area contributed by atoms with E-state index < -0.39 is 30.6 Å². The molecule has 0 aliphatic heterocycles. The van der Waals surface area contributed by atoms with Crippen LogP contribution in [0.4, 0.5) is 0 Å². The van der Waals surface area contributed by atoms with Crippen LogP contribution in [0.2, 0.25) is 0 Å². The van der Waals surface area contributed by atoms with Crippen molar-refractivity contribution in [3.8, 4) is 0 Å². The lowest BCUT2D eigenvalue weighted by atomic mass is 10.0. The van der Waals surface area contributed by atoms with Crippen LogP contribution in [-0.4, -0.2) is 60.2 Å². The number of nitrogens with two attached hydrogens (primary N) is 1. The Morgan fingerprint density at radius 2 is 1.36 bits per heavy atom. The van der Waals surface area contributed by atoms with Gasteiger partial charge >= 0.3 is 0 Å². The molecule has 4 atom stereocenters. The van der Waals surface area contributed by atoms with Gasteiger partial charge in [0.25, 0.3) is 0 Å². The van der Waals surface area contributed by atoms with E-state index in [2.05, 4.69) is 0 Å². The number of aliphatic hydroxyl groups excluding tert-OH is 3. The van der Waals surface area contributed by atoms with E-state index in [0.717, 1.165) is 0 Å². The van der Waals surface area contributed by atoms with Gasteiger partial charge < -0.3 is 30.5 Å². The van der Waals surface area contributed by atoms with Crippen LogP contribution in [0.15, 0.2) is 0 Å². The van der Waals surface area contributed by atoms with Gasteiger partial charge in [0.1, 0.15) is 12.2 Å². The van der Waals surface area contributed by atoms with E-state index in [0.29, 0.717) is 0 Å². The Labute approximate surface area is 83.2 Å². The van der Waals surface area contributed by atoms with Crippen LogP contribution in [0.5, 0.6) is 0 Å². The van der Waals surface area contributed by atoms with Crippen LogP contribution >= 0.6 is 0 Å². The third-order valence-electron chi connectivity index (χ3n) is 1.98. The quantitative estimate of drug-likeness (QED) is 0.378. The van der Waals surface area contributed by atoms with E-state index in [-0.39, 0.29) is 0 Å². The third kappa shape index (κ3) is 3.49. The van der Waals surface area contributed by atoms with Gasteiger partial charge in [-0.15, -0.1) is 0 Å². The first kappa shape index (κ1) is 13.8. The number of hydrogen-bond donors (Lipinski definition) is 4. The molecule has 0 amide bonds. The van der Waals surface area contributed by atoms with Crippen LogP contribution in [0.1, 0.15) is 6.92 Å². The van der Waals surface area contributed by atoms with Crippen LogP contribution in [0, 0.1) is 0 Å². The maximum atomic E-state index is 9.48. The molecule has 6 nitrogen and oxygen atoms in total. The zero-order valence-corrected chi connectivity index (χ0v) is 8.62. The summed E-state index contributed by atoms with van der Waals surface area (Å²) in [6, 6.07) is -0.644. The van der Waals surface area contributed by atoms with E-state index in [1.54, 1.807) is 0 Å². The predicted molar refractivity (Wildman–Crippen MR) is 49.5 cm³/mol. The van der Waals surface area contributed by atoms with Gasteiger partial charge in [-0.2, -0.15) is 0 Å². The second-order valence-electron chi connectivity index (χ2n) is 3.17. The Balaban J connectivity index is 4.28. The van der Waals surface area contributed by atoms with Crippen molar-refractivity contribution in [2.45, 2.75) is 37.6 Å². The second kappa shape index (κ2) is 6.28. The fraction of sp³-hybridized carbons (Fsp3) is 1.00. The molecule has 0 aromatic rings. The Morgan fingerprint density at radius 1 is 0.929 bits per heavy atom. The number of methoxy groups -OCH3 is 2. The molecule has 0 heterocycles. The Kier molecular flexibility index (Phi) is 6.17. The zero-order valence-electron chi connectivity index (χ0n) is 8.62. The summed E-state index contributed by atoms with van der Waals surface area (Å²) in [5.74, 6) is 0. The fourth-order valence-corrected chi connectivity index (χ4v) is 1.05. The van der Waals surface area contributed by atoms with Gasteiger partial charge in [-0.25, -0.2) is 0 Å². The van der Waals surface area contributed by atoms with E-state index in [1.807, 2.05) is 0 Å². The molecule has 5 N–H and O–H groups in total. The van der Waals surface area contributed by atoms with Crippen LogP contribution in [-0.2, 0) is 9.47 Å². The molecular weight excluding hydrogens is 190 g/mol. The number of ether oxygens (including phenoxy) is 2. The average Bonchev–Trinajstić information content (AvgIpc) is 2.17. The standard InChI is InChI=1S/C8H19NO5/c1-4(9)5(10)6(11)7(12)8(13-2)14-3/h4-8,10-12H,9H2,1-3H3/t4-,5-,6-,7-/m1/s1. The molecule has 0 fully saturated rings. The molecule has 0 rings (SSSR count). The summed E-state index contributed by atoms with van der Waals surface area (Å²) in [4.78, 5) is 0. The Bertz CT molecular complexity index is 145. The van der Waals surface area contributed by atoms with Crippen molar-refractivity contribution >= 4 is 0 Å². The molecule has 0 spiro atoms. The highest BCUT2D eigenvalue weighted by Crippen LogP contribution is 2.09. The van der Waals surface area contributed by atoms with Crippen molar-refractivity contribution < 1.29 is 24.8 Å². The topological polar surface area (TPSA) is 105 Å². The van der Waals surface area contributed by atoms with E-state index in [9.17, 15) is 15.3 Å². The maximum Gasteiger partial charge on any atom is 0.185 e. The normalized spacial score (nSPS) is 20.6. The number of aliphatic hydroxyl groups is 3. The highest BCUT2D eigenvalue weighted by atomic mass is 16.7. The van der Waals surface area contributed by atoms with Crippen LogP contribution in [0.3, 0.4) is 0 Å². The molecule has 0 bridgehead atoms.